The molecule has 0 saturated carbocycles. The molecule has 116 valence electrons. The van der Waals surface area contributed by atoms with Crippen LogP contribution in [-0.2, 0) is 0 Å². The van der Waals surface area contributed by atoms with Crippen LogP contribution in [0.1, 0.15) is 110 Å². The summed E-state index contributed by atoms with van der Waals surface area (Å²) in [4.78, 5) is 0. The first-order valence-corrected chi connectivity index (χ1v) is 8.99. The third kappa shape index (κ3) is 15.9. The van der Waals surface area contributed by atoms with Gasteiger partial charge in [-0.15, -0.1) is 0 Å². The number of aliphatic hydroxyl groups is 1. The maximum atomic E-state index is 9.72. The minimum atomic E-state index is -0.0292. The number of hydrogen-bond acceptors (Lipinski definition) is 1. The number of aliphatic hydroxyl groups excluding tert-OH is 1. The minimum absolute atomic E-state index is 0.0292. The second kappa shape index (κ2) is 16.0. The summed E-state index contributed by atoms with van der Waals surface area (Å²) >= 11 is 0. The molecule has 0 aliphatic rings. The van der Waals surface area contributed by atoms with E-state index in [1.54, 1.807) is 0 Å². The highest BCUT2D eigenvalue weighted by Gasteiger charge is 2.02. The molecule has 0 heterocycles. The molecule has 0 rings (SSSR count). The van der Waals surface area contributed by atoms with Crippen molar-refractivity contribution in [2.45, 2.75) is 116 Å². The van der Waals surface area contributed by atoms with Crippen LogP contribution in [0.4, 0.5) is 0 Å². The second-order valence-electron chi connectivity index (χ2n) is 6.12. The van der Waals surface area contributed by atoms with E-state index in [0.717, 1.165) is 12.8 Å². The predicted molar refractivity (Wildman–Crippen MR) is 86.6 cm³/mol. The SMILES string of the molecule is CCCCCCCCCCCCC[C@H](O)CCCC. The first-order chi connectivity index (χ1) is 9.31. The average Bonchev–Trinajstić information content (AvgIpc) is 2.42. The van der Waals surface area contributed by atoms with E-state index in [-0.39, 0.29) is 6.10 Å². The summed E-state index contributed by atoms with van der Waals surface area (Å²) in [5.41, 5.74) is 0. The normalized spacial score (nSPS) is 12.8. The molecule has 0 saturated heterocycles. The molecule has 1 heteroatoms. The zero-order chi connectivity index (χ0) is 14.2. The Bertz CT molecular complexity index is 156. The topological polar surface area (TPSA) is 20.2 Å². The van der Waals surface area contributed by atoms with Crippen LogP contribution in [0.25, 0.3) is 0 Å². The number of rotatable bonds is 15. The Morgan fingerprint density at radius 1 is 0.526 bits per heavy atom. The summed E-state index contributed by atoms with van der Waals surface area (Å²) in [5.74, 6) is 0. The molecule has 1 N–H and O–H groups in total. The summed E-state index contributed by atoms with van der Waals surface area (Å²) in [6.07, 6.45) is 19.6. The first-order valence-electron chi connectivity index (χ1n) is 8.99. The van der Waals surface area contributed by atoms with Crippen LogP contribution in [0.2, 0.25) is 0 Å². The molecule has 0 unspecified atom stereocenters. The Morgan fingerprint density at radius 2 is 0.895 bits per heavy atom. The van der Waals surface area contributed by atoms with Crippen molar-refractivity contribution in [3.05, 3.63) is 0 Å². The van der Waals surface area contributed by atoms with E-state index in [1.807, 2.05) is 0 Å². The molecule has 0 bridgehead atoms. The van der Waals surface area contributed by atoms with Gasteiger partial charge in [0.1, 0.15) is 0 Å². The van der Waals surface area contributed by atoms with Gasteiger partial charge in [0.15, 0.2) is 0 Å². The molecular formula is C18H38O. The van der Waals surface area contributed by atoms with E-state index in [1.165, 1.54) is 83.5 Å². The summed E-state index contributed by atoms with van der Waals surface area (Å²) in [6.45, 7) is 4.47. The van der Waals surface area contributed by atoms with E-state index in [4.69, 9.17) is 0 Å². The van der Waals surface area contributed by atoms with Crippen molar-refractivity contribution in [2.24, 2.45) is 0 Å². The summed E-state index contributed by atoms with van der Waals surface area (Å²) < 4.78 is 0. The lowest BCUT2D eigenvalue weighted by Crippen LogP contribution is -2.05. The monoisotopic (exact) mass is 270 g/mol. The quantitative estimate of drug-likeness (QED) is 0.349. The smallest absolute Gasteiger partial charge is 0.0540 e. The highest BCUT2D eigenvalue weighted by atomic mass is 16.3. The molecule has 19 heavy (non-hydrogen) atoms. The lowest BCUT2D eigenvalue weighted by molar-refractivity contribution is 0.148. The molecule has 0 amide bonds. The van der Waals surface area contributed by atoms with Gasteiger partial charge in [-0.25, -0.2) is 0 Å². The molecule has 0 spiro atoms. The highest BCUT2D eigenvalue weighted by molar-refractivity contribution is 4.56. The zero-order valence-electron chi connectivity index (χ0n) is 13.6. The summed E-state index contributed by atoms with van der Waals surface area (Å²) in [6, 6.07) is 0. The van der Waals surface area contributed by atoms with Crippen LogP contribution < -0.4 is 0 Å². The van der Waals surface area contributed by atoms with E-state index in [9.17, 15) is 5.11 Å². The fourth-order valence-electron chi connectivity index (χ4n) is 2.63. The molecule has 1 nitrogen and oxygen atoms in total. The Balaban J connectivity index is 3.02. The maximum Gasteiger partial charge on any atom is 0.0540 e. The fourth-order valence-corrected chi connectivity index (χ4v) is 2.63. The lowest BCUT2D eigenvalue weighted by Gasteiger charge is -2.09. The summed E-state index contributed by atoms with van der Waals surface area (Å²) in [7, 11) is 0. The van der Waals surface area contributed by atoms with E-state index >= 15 is 0 Å². The van der Waals surface area contributed by atoms with Crippen LogP contribution >= 0.6 is 0 Å². The van der Waals surface area contributed by atoms with Crippen LogP contribution in [0.3, 0.4) is 0 Å². The highest BCUT2D eigenvalue weighted by Crippen LogP contribution is 2.13. The van der Waals surface area contributed by atoms with Gasteiger partial charge in [-0.2, -0.15) is 0 Å². The van der Waals surface area contributed by atoms with Crippen molar-refractivity contribution in [1.82, 2.24) is 0 Å². The lowest BCUT2D eigenvalue weighted by atomic mass is 10.0. The van der Waals surface area contributed by atoms with Crippen molar-refractivity contribution >= 4 is 0 Å². The van der Waals surface area contributed by atoms with Crippen molar-refractivity contribution < 1.29 is 5.11 Å². The molecule has 0 radical (unpaired) electrons. The van der Waals surface area contributed by atoms with Gasteiger partial charge in [-0.3, -0.25) is 0 Å². The Morgan fingerprint density at radius 3 is 1.37 bits per heavy atom. The molecule has 0 aliphatic heterocycles. The number of unbranched alkanes of at least 4 members (excludes halogenated alkanes) is 11. The first kappa shape index (κ1) is 19.0. The van der Waals surface area contributed by atoms with Gasteiger partial charge in [0.2, 0.25) is 0 Å². The van der Waals surface area contributed by atoms with Crippen LogP contribution in [0.15, 0.2) is 0 Å². The van der Waals surface area contributed by atoms with Crippen LogP contribution in [-0.4, -0.2) is 11.2 Å². The molecule has 0 aliphatic carbocycles. The maximum absolute atomic E-state index is 9.72. The molecule has 0 aromatic carbocycles. The van der Waals surface area contributed by atoms with Crippen molar-refractivity contribution in [2.75, 3.05) is 0 Å². The van der Waals surface area contributed by atoms with Crippen molar-refractivity contribution in [1.29, 1.82) is 0 Å². The second-order valence-corrected chi connectivity index (χ2v) is 6.12. The van der Waals surface area contributed by atoms with E-state index in [0.29, 0.717) is 0 Å². The molecule has 0 fully saturated rings. The van der Waals surface area contributed by atoms with Gasteiger partial charge in [-0.1, -0.05) is 97.3 Å². The predicted octanol–water partition coefficient (Wildman–Crippen LogP) is 6.24. The van der Waals surface area contributed by atoms with Gasteiger partial charge < -0.3 is 5.11 Å². The van der Waals surface area contributed by atoms with E-state index in [2.05, 4.69) is 13.8 Å². The zero-order valence-corrected chi connectivity index (χ0v) is 13.6. The Labute approximate surface area is 122 Å². The van der Waals surface area contributed by atoms with Gasteiger partial charge in [0, 0.05) is 0 Å². The molecule has 1 atom stereocenters. The van der Waals surface area contributed by atoms with E-state index < -0.39 is 0 Å². The average molecular weight is 271 g/mol. The van der Waals surface area contributed by atoms with Crippen LogP contribution in [0, 0.1) is 0 Å². The Kier molecular flexibility index (Phi) is 16.0. The standard InChI is InChI=1S/C18H38O/c1-3-5-7-8-9-10-11-12-13-14-15-17-18(19)16-6-4-2/h18-19H,3-17H2,1-2H3/t18-/m1/s1. The summed E-state index contributed by atoms with van der Waals surface area (Å²) in [5, 5.41) is 9.72. The fraction of sp³-hybridized carbons (Fsp3) is 1.00. The van der Waals surface area contributed by atoms with Crippen molar-refractivity contribution in [3.63, 3.8) is 0 Å². The largest absolute Gasteiger partial charge is 0.393 e. The molecular weight excluding hydrogens is 232 g/mol. The molecule has 0 aromatic rings. The third-order valence-electron chi connectivity index (χ3n) is 4.03. The van der Waals surface area contributed by atoms with Gasteiger partial charge in [-0.05, 0) is 12.8 Å². The van der Waals surface area contributed by atoms with Crippen molar-refractivity contribution in [3.8, 4) is 0 Å². The number of hydrogen-bond donors (Lipinski definition) is 1. The van der Waals surface area contributed by atoms with Gasteiger partial charge >= 0.3 is 0 Å². The third-order valence-corrected chi connectivity index (χ3v) is 4.03. The minimum Gasteiger partial charge on any atom is -0.393 e. The van der Waals surface area contributed by atoms with Crippen LogP contribution in [0.5, 0.6) is 0 Å². The van der Waals surface area contributed by atoms with Gasteiger partial charge in [0.05, 0.1) is 6.10 Å². The van der Waals surface area contributed by atoms with Gasteiger partial charge in [0.25, 0.3) is 0 Å². The Hall–Kier alpha value is -0.0400. The molecule has 0 aromatic heterocycles.